The van der Waals surface area contributed by atoms with E-state index in [0.29, 0.717) is 13.0 Å². The Bertz CT molecular complexity index is 338. The molecule has 1 aromatic rings. The predicted molar refractivity (Wildman–Crippen MR) is 70.8 cm³/mol. The predicted octanol–water partition coefficient (Wildman–Crippen LogP) is 1.98. The van der Waals surface area contributed by atoms with E-state index in [1.165, 1.54) is 0 Å². The summed E-state index contributed by atoms with van der Waals surface area (Å²) in [4.78, 5) is 16.8. The van der Waals surface area contributed by atoms with E-state index in [1.54, 1.807) is 11.3 Å². The van der Waals surface area contributed by atoms with Crippen LogP contribution in [0.4, 0.5) is 0 Å². The van der Waals surface area contributed by atoms with Crippen LogP contribution >= 0.6 is 11.3 Å². The van der Waals surface area contributed by atoms with Gasteiger partial charge in [-0.1, -0.05) is 12.8 Å². The minimum absolute atomic E-state index is 0.130. The maximum absolute atomic E-state index is 11.5. The number of hydrogen-bond acceptors (Lipinski definition) is 4. The van der Waals surface area contributed by atoms with Crippen molar-refractivity contribution in [2.75, 3.05) is 6.54 Å². The normalized spacial score (nSPS) is 10.5. The summed E-state index contributed by atoms with van der Waals surface area (Å²) in [6.45, 7) is 3.32. The molecule has 1 amide bonds. The molecule has 0 saturated heterocycles. The van der Waals surface area contributed by atoms with Gasteiger partial charge in [0, 0.05) is 11.3 Å². The Hall–Kier alpha value is -0.940. The lowest BCUT2D eigenvalue weighted by Crippen LogP contribution is -2.22. The lowest BCUT2D eigenvalue weighted by atomic mass is 10.1. The Morgan fingerprint density at radius 1 is 1.41 bits per heavy atom. The summed E-state index contributed by atoms with van der Waals surface area (Å²) < 4.78 is 0. The van der Waals surface area contributed by atoms with Crippen molar-refractivity contribution >= 4 is 17.2 Å². The molecule has 0 atom stereocenters. The third-order valence-electron chi connectivity index (χ3n) is 2.65. The van der Waals surface area contributed by atoms with Crippen molar-refractivity contribution in [3.05, 3.63) is 16.1 Å². The molecule has 0 fully saturated rings. The molecule has 5 heteroatoms. The Labute approximate surface area is 107 Å². The Morgan fingerprint density at radius 2 is 2.18 bits per heavy atom. The van der Waals surface area contributed by atoms with Crippen molar-refractivity contribution in [2.45, 2.75) is 45.6 Å². The van der Waals surface area contributed by atoms with Crippen LogP contribution in [0.15, 0.2) is 5.51 Å². The molecule has 1 aromatic heterocycles. The minimum atomic E-state index is 0.130. The average Bonchev–Trinajstić information content (AvgIpc) is 2.72. The summed E-state index contributed by atoms with van der Waals surface area (Å²) in [5.74, 6) is 0.130. The molecule has 0 spiro atoms. The molecule has 4 nitrogen and oxygen atoms in total. The minimum Gasteiger partial charge on any atom is -0.351 e. The molecule has 0 aliphatic heterocycles. The number of aryl methyl sites for hydroxylation is 1. The molecule has 1 heterocycles. The molecule has 0 aliphatic rings. The summed E-state index contributed by atoms with van der Waals surface area (Å²) in [5.41, 5.74) is 8.22. The summed E-state index contributed by atoms with van der Waals surface area (Å²) in [5, 5.41) is 2.92. The summed E-state index contributed by atoms with van der Waals surface area (Å²) in [6, 6.07) is 0. The Balaban J connectivity index is 2.07. The van der Waals surface area contributed by atoms with Gasteiger partial charge in [-0.25, -0.2) is 4.98 Å². The molecule has 0 aromatic carbocycles. The molecule has 17 heavy (non-hydrogen) atoms. The van der Waals surface area contributed by atoms with Crippen molar-refractivity contribution in [3.63, 3.8) is 0 Å². The fraction of sp³-hybridized carbons (Fsp3) is 0.667. The van der Waals surface area contributed by atoms with E-state index >= 15 is 0 Å². The van der Waals surface area contributed by atoms with Gasteiger partial charge in [0.1, 0.15) is 0 Å². The first kappa shape index (κ1) is 14.1. The maximum atomic E-state index is 11.5. The highest BCUT2D eigenvalue weighted by Crippen LogP contribution is 2.11. The number of unbranched alkanes of at least 4 members (excludes halogenated alkanes) is 3. The molecule has 0 saturated carbocycles. The van der Waals surface area contributed by atoms with E-state index in [9.17, 15) is 4.79 Å². The van der Waals surface area contributed by atoms with Gasteiger partial charge >= 0.3 is 0 Å². The van der Waals surface area contributed by atoms with E-state index in [0.717, 1.165) is 42.8 Å². The molecule has 0 unspecified atom stereocenters. The second kappa shape index (κ2) is 8.20. The van der Waals surface area contributed by atoms with E-state index in [4.69, 9.17) is 5.73 Å². The number of carbonyl (C=O) groups excluding carboxylic acids is 1. The van der Waals surface area contributed by atoms with E-state index in [2.05, 4.69) is 10.3 Å². The van der Waals surface area contributed by atoms with E-state index in [-0.39, 0.29) is 5.91 Å². The van der Waals surface area contributed by atoms with Gasteiger partial charge in [-0.05, 0) is 26.3 Å². The van der Waals surface area contributed by atoms with Crippen LogP contribution in [0.2, 0.25) is 0 Å². The maximum Gasteiger partial charge on any atom is 0.220 e. The van der Waals surface area contributed by atoms with E-state index < -0.39 is 0 Å². The topological polar surface area (TPSA) is 68.0 Å². The third-order valence-corrected chi connectivity index (χ3v) is 3.58. The van der Waals surface area contributed by atoms with Crippen LogP contribution in [-0.4, -0.2) is 17.4 Å². The van der Waals surface area contributed by atoms with Gasteiger partial charge in [-0.2, -0.15) is 0 Å². The number of nitrogens with zero attached hydrogens (tertiary/aromatic N) is 1. The van der Waals surface area contributed by atoms with Crippen molar-refractivity contribution in [2.24, 2.45) is 5.73 Å². The molecular weight excluding hydrogens is 234 g/mol. The summed E-state index contributed by atoms with van der Waals surface area (Å²) >= 11 is 1.59. The number of thiazole rings is 1. The Kier molecular flexibility index (Phi) is 6.81. The monoisotopic (exact) mass is 255 g/mol. The summed E-state index contributed by atoms with van der Waals surface area (Å²) in [7, 11) is 0. The molecule has 0 radical (unpaired) electrons. The highest BCUT2D eigenvalue weighted by atomic mass is 32.1. The van der Waals surface area contributed by atoms with Gasteiger partial charge in [0.15, 0.2) is 0 Å². The number of nitrogens with two attached hydrogens (primary N) is 1. The average molecular weight is 255 g/mol. The zero-order valence-electron chi connectivity index (χ0n) is 10.4. The fourth-order valence-corrected chi connectivity index (χ4v) is 2.26. The van der Waals surface area contributed by atoms with Crippen LogP contribution in [0.5, 0.6) is 0 Å². The van der Waals surface area contributed by atoms with E-state index in [1.807, 2.05) is 12.4 Å². The number of rotatable bonds is 8. The van der Waals surface area contributed by atoms with Crippen molar-refractivity contribution in [1.29, 1.82) is 0 Å². The standard InChI is InChI=1S/C12H21N3OS/c1-10-11(17-9-15-10)8-14-12(16)6-4-2-3-5-7-13/h9H,2-8,13H2,1H3,(H,14,16). The van der Waals surface area contributed by atoms with Crippen molar-refractivity contribution in [3.8, 4) is 0 Å². The molecule has 0 aliphatic carbocycles. The zero-order valence-corrected chi connectivity index (χ0v) is 11.2. The number of carbonyl (C=O) groups is 1. The van der Waals surface area contributed by atoms with Gasteiger partial charge < -0.3 is 11.1 Å². The lowest BCUT2D eigenvalue weighted by molar-refractivity contribution is -0.121. The highest BCUT2D eigenvalue weighted by molar-refractivity contribution is 7.09. The van der Waals surface area contributed by atoms with Crippen molar-refractivity contribution in [1.82, 2.24) is 10.3 Å². The van der Waals surface area contributed by atoms with Crippen LogP contribution in [-0.2, 0) is 11.3 Å². The van der Waals surface area contributed by atoms with Gasteiger partial charge in [-0.15, -0.1) is 11.3 Å². The highest BCUT2D eigenvalue weighted by Gasteiger charge is 2.04. The number of aromatic nitrogens is 1. The largest absolute Gasteiger partial charge is 0.351 e. The zero-order chi connectivity index (χ0) is 12.5. The van der Waals surface area contributed by atoms with Gasteiger partial charge in [0.2, 0.25) is 5.91 Å². The first-order valence-corrected chi connectivity index (χ1v) is 6.97. The number of hydrogen-bond donors (Lipinski definition) is 2. The first-order chi connectivity index (χ1) is 8.24. The van der Waals surface area contributed by atoms with Crippen LogP contribution in [0.3, 0.4) is 0 Å². The Morgan fingerprint density at radius 3 is 2.82 bits per heavy atom. The van der Waals surface area contributed by atoms with Gasteiger partial charge in [-0.3, -0.25) is 4.79 Å². The number of amides is 1. The fourth-order valence-electron chi connectivity index (χ4n) is 1.55. The second-order valence-corrected chi connectivity index (χ2v) is 5.03. The van der Waals surface area contributed by atoms with Crippen LogP contribution in [0, 0.1) is 6.92 Å². The van der Waals surface area contributed by atoms with Crippen molar-refractivity contribution < 1.29 is 4.79 Å². The van der Waals surface area contributed by atoms with Gasteiger partial charge in [0.25, 0.3) is 0 Å². The molecule has 0 bridgehead atoms. The molecule has 3 N–H and O–H groups in total. The van der Waals surface area contributed by atoms with Crippen LogP contribution in [0.1, 0.15) is 42.7 Å². The second-order valence-electron chi connectivity index (χ2n) is 4.09. The SMILES string of the molecule is Cc1ncsc1CNC(=O)CCCCCCN. The lowest BCUT2D eigenvalue weighted by Gasteiger charge is -2.04. The molecule has 96 valence electrons. The van der Waals surface area contributed by atoms with Crippen LogP contribution in [0.25, 0.3) is 0 Å². The first-order valence-electron chi connectivity index (χ1n) is 6.09. The molecule has 1 rings (SSSR count). The quantitative estimate of drug-likeness (QED) is 0.698. The summed E-state index contributed by atoms with van der Waals surface area (Å²) in [6.07, 6.45) is 4.83. The van der Waals surface area contributed by atoms with Crippen LogP contribution < -0.4 is 11.1 Å². The smallest absolute Gasteiger partial charge is 0.220 e. The number of nitrogens with one attached hydrogen (secondary N) is 1. The third kappa shape index (κ3) is 5.79. The van der Waals surface area contributed by atoms with Gasteiger partial charge in [0.05, 0.1) is 17.7 Å². The molecular formula is C12H21N3OS.